The van der Waals surface area contributed by atoms with Gasteiger partial charge in [0.2, 0.25) is 5.91 Å². The predicted octanol–water partition coefficient (Wildman–Crippen LogP) is 0.569. The third kappa shape index (κ3) is 2.37. The molecule has 0 bridgehead atoms. The normalized spacial score (nSPS) is 18.4. The van der Waals surface area contributed by atoms with Crippen LogP contribution in [0, 0.1) is 0 Å². The minimum Gasteiger partial charge on any atom is -0.474 e. The molecule has 2 rings (SSSR count). The van der Waals surface area contributed by atoms with E-state index in [1.54, 1.807) is 24.3 Å². The van der Waals surface area contributed by atoms with E-state index in [1.165, 1.54) is 14.0 Å². The summed E-state index contributed by atoms with van der Waals surface area (Å²) in [5.74, 6) is -0.906. The van der Waals surface area contributed by atoms with E-state index in [0.717, 1.165) is 4.90 Å². The Morgan fingerprint density at radius 3 is 2.75 bits per heavy atom. The van der Waals surface area contributed by atoms with Crippen LogP contribution in [0.15, 0.2) is 24.3 Å². The summed E-state index contributed by atoms with van der Waals surface area (Å²) in [5.41, 5.74) is 0.889. The fourth-order valence-corrected chi connectivity index (χ4v) is 2.19. The average molecular weight is 294 g/mol. The summed E-state index contributed by atoms with van der Waals surface area (Å²) in [4.78, 5) is 25.3. The molecule has 1 heterocycles. The molecule has 20 heavy (non-hydrogen) atoms. The summed E-state index contributed by atoms with van der Waals surface area (Å²) in [6.07, 6.45) is -1.14. The maximum absolute atomic E-state index is 12.2. The molecule has 1 aromatic carbocycles. The van der Waals surface area contributed by atoms with E-state index in [2.05, 4.69) is 10.1 Å². The van der Waals surface area contributed by atoms with Gasteiger partial charge in [-0.3, -0.25) is 19.8 Å². The van der Waals surface area contributed by atoms with Crippen LogP contribution in [0.5, 0.6) is 0 Å². The second kappa shape index (κ2) is 5.56. The van der Waals surface area contributed by atoms with Gasteiger partial charge in [0.15, 0.2) is 6.23 Å². The number of fused-ring (bicyclic) bond motifs is 1. The first-order valence-electron chi connectivity index (χ1n) is 5.95. The number of aliphatic hydroxyl groups excluding tert-OH is 1. The molecular formula is C13H14N2O4S. The second-order valence-electron chi connectivity index (χ2n) is 4.33. The van der Waals surface area contributed by atoms with Gasteiger partial charge in [-0.15, -0.1) is 0 Å². The van der Waals surface area contributed by atoms with Crippen LogP contribution in [0.4, 0.5) is 0 Å². The van der Waals surface area contributed by atoms with Crippen LogP contribution in [0.1, 0.15) is 29.1 Å². The predicted molar refractivity (Wildman–Crippen MR) is 74.8 cm³/mol. The zero-order valence-electron chi connectivity index (χ0n) is 11.0. The summed E-state index contributed by atoms with van der Waals surface area (Å²) in [7, 11) is 1.33. The third-order valence-electron chi connectivity index (χ3n) is 3.17. The van der Waals surface area contributed by atoms with Gasteiger partial charge in [0.1, 0.15) is 6.04 Å². The van der Waals surface area contributed by atoms with E-state index in [0.29, 0.717) is 11.1 Å². The molecule has 2 N–H and O–H groups in total. The molecular weight excluding hydrogens is 280 g/mol. The van der Waals surface area contributed by atoms with E-state index >= 15 is 0 Å². The highest BCUT2D eigenvalue weighted by atomic mass is 32.1. The Morgan fingerprint density at radius 1 is 1.50 bits per heavy atom. The van der Waals surface area contributed by atoms with Crippen LogP contribution in [-0.4, -0.2) is 40.1 Å². The average Bonchev–Trinajstić information content (AvgIpc) is 2.70. The van der Waals surface area contributed by atoms with Crippen molar-refractivity contribution in [3.63, 3.8) is 0 Å². The molecule has 6 nitrogen and oxygen atoms in total. The van der Waals surface area contributed by atoms with Crippen molar-refractivity contribution in [1.82, 2.24) is 10.2 Å². The lowest BCUT2D eigenvalue weighted by molar-refractivity contribution is -0.127. The molecule has 0 radical (unpaired) electrons. The smallest absolute Gasteiger partial charge is 0.263 e. The topological polar surface area (TPSA) is 78.9 Å². The van der Waals surface area contributed by atoms with Crippen molar-refractivity contribution in [2.24, 2.45) is 0 Å². The number of carbonyl (C=O) groups excluding carboxylic acids is 2. The summed E-state index contributed by atoms with van der Waals surface area (Å²) in [6.45, 7) is 1.51. The quantitative estimate of drug-likeness (QED) is 0.780. The SMILES string of the molecule is COC(=S)NC(=O)[C@H](C)N1C(=O)c2ccccc2C1O. The zero-order valence-corrected chi connectivity index (χ0v) is 11.8. The van der Waals surface area contributed by atoms with Crippen molar-refractivity contribution in [2.45, 2.75) is 19.2 Å². The molecule has 0 spiro atoms. The highest BCUT2D eigenvalue weighted by molar-refractivity contribution is 7.80. The van der Waals surface area contributed by atoms with Gasteiger partial charge in [-0.2, -0.15) is 0 Å². The number of hydrogen-bond acceptors (Lipinski definition) is 5. The van der Waals surface area contributed by atoms with Crippen LogP contribution in [0.2, 0.25) is 0 Å². The van der Waals surface area contributed by atoms with Gasteiger partial charge in [0.05, 0.1) is 7.11 Å². The lowest BCUT2D eigenvalue weighted by Gasteiger charge is -2.26. The Kier molecular flexibility index (Phi) is 4.01. The maximum atomic E-state index is 12.2. The van der Waals surface area contributed by atoms with Crippen LogP contribution >= 0.6 is 12.2 Å². The first kappa shape index (κ1) is 14.4. The minimum absolute atomic E-state index is 0.0829. The van der Waals surface area contributed by atoms with Crippen LogP contribution in [-0.2, 0) is 9.53 Å². The standard InChI is InChI=1S/C13H14N2O4S/c1-7(10(16)14-13(20)19-2)15-11(17)8-5-3-4-6-9(8)12(15)18/h3-7,11,17H,1-2H3,(H,14,16,20)/t7-,11?/m0/s1. The number of methoxy groups -OCH3 is 1. The van der Waals surface area contributed by atoms with Crippen molar-refractivity contribution in [1.29, 1.82) is 0 Å². The number of thiocarbonyl (C=S) groups is 1. The first-order chi connectivity index (χ1) is 9.47. The van der Waals surface area contributed by atoms with E-state index < -0.39 is 18.2 Å². The summed E-state index contributed by atoms with van der Waals surface area (Å²) in [5, 5.41) is 12.4. The molecule has 1 aliphatic rings. The molecule has 2 atom stereocenters. The van der Waals surface area contributed by atoms with Gasteiger partial charge in [0.25, 0.3) is 11.1 Å². The van der Waals surface area contributed by atoms with Crippen LogP contribution < -0.4 is 5.32 Å². The number of aliphatic hydroxyl groups is 1. The summed E-state index contributed by atoms with van der Waals surface area (Å²) >= 11 is 4.73. The molecule has 0 saturated heterocycles. The summed E-state index contributed by atoms with van der Waals surface area (Å²) in [6, 6.07) is 5.83. The fraction of sp³-hybridized carbons (Fsp3) is 0.308. The van der Waals surface area contributed by atoms with Crippen molar-refractivity contribution in [2.75, 3.05) is 7.11 Å². The number of ether oxygens (including phenoxy) is 1. The molecule has 106 valence electrons. The molecule has 1 unspecified atom stereocenters. The number of rotatable bonds is 2. The maximum Gasteiger partial charge on any atom is 0.263 e. The fourth-order valence-electron chi connectivity index (χ4n) is 2.09. The molecule has 0 fully saturated rings. The van der Waals surface area contributed by atoms with Gasteiger partial charge in [-0.1, -0.05) is 18.2 Å². The molecule has 1 aromatic rings. The number of benzene rings is 1. The van der Waals surface area contributed by atoms with Crippen LogP contribution in [0.3, 0.4) is 0 Å². The van der Waals surface area contributed by atoms with Gasteiger partial charge >= 0.3 is 0 Å². The van der Waals surface area contributed by atoms with Crippen molar-refractivity contribution in [3.05, 3.63) is 35.4 Å². The Hall–Kier alpha value is -1.99. The Morgan fingerprint density at radius 2 is 2.15 bits per heavy atom. The van der Waals surface area contributed by atoms with Gasteiger partial charge in [-0.05, 0) is 25.2 Å². The summed E-state index contributed by atoms with van der Waals surface area (Å²) < 4.78 is 4.68. The Balaban J connectivity index is 2.21. The van der Waals surface area contributed by atoms with Gasteiger partial charge in [-0.25, -0.2) is 0 Å². The first-order valence-corrected chi connectivity index (χ1v) is 6.36. The number of amides is 2. The number of hydrogen-bond donors (Lipinski definition) is 2. The minimum atomic E-state index is -1.14. The number of nitrogens with zero attached hydrogens (tertiary/aromatic N) is 1. The second-order valence-corrected chi connectivity index (χ2v) is 4.70. The molecule has 1 aliphatic heterocycles. The van der Waals surface area contributed by atoms with Crippen LogP contribution in [0.25, 0.3) is 0 Å². The molecule has 2 amide bonds. The highest BCUT2D eigenvalue weighted by Crippen LogP contribution is 2.32. The number of carbonyl (C=O) groups is 2. The molecule has 0 aliphatic carbocycles. The van der Waals surface area contributed by atoms with Gasteiger partial charge < -0.3 is 9.84 Å². The zero-order chi connectivity index (χ0) is 14.9. The molecule has 7 heteroatoms. The third-order valence-corrected chi connectivity index (χ3v) is 3.44. The van der Waals surface area contributed by atoms with E-state index in [9.17, 15) is 14.7 Å². The van der Waals surface area contributed by atoms with E-state index in [4.69, 9.17) is 12.2 Å². The van der Waals surface area contributed by atoms with Crippen molar-refractivity contribution < 1.29 is 19.4 Å². The van der Waals surface area contributed by atoms with E-state index in [-0.39, 0.29) is 11.1 Å². The highest BCUT2D eigenvalue weighted by Gasteiger charge is 2.40. The molecule has 0 saturated carbocycles. The van der Waals surface area contributed by atoms with Gasteiger partial charge in [0, 0.05) is 11.1 Å². The molecule has 0 aromatic heterocycles. The number of nitrogens with one attached hydrogen (secondary N) is 1. The van der Waals surface area contributed by atoms with Crippen molar-refractivity contribution >= 4 is 29.2 Å². The largest absolute Gasteiger partial charge is 0.474 e. The Bertz CT molecular complexity index is 575. The Labute approximate surface area is 121 Å². The van der Waals surface area contributed by atoms with Crippen molar-refractivity contribution in [3.8, 4) is 0 Å². The lowest BCUT2D eigenvalue weighted by Crippen LogP contribution is -2.48. The lowest BCUT2D eigenvalue weighted by atomic mass is 10.1. The van der Waals surface area contributed by atoms with E-state index in [1.807, 2.05) is 0 Å². The monoisotopic (exact) mass is 294 g/mol.